The predicted octanol–water partition coefficient (Wildman–Crippen LogP) is 1.09. The van der Waals surface area contributed by atoms with Crippen LogP contribution in [0, 0.1) is 5.92 Å². The molecule has 1 heterocycles. The van der Waals surface area contributed by atoms with Gasteiger partial charge in [-0.05, 0) is 31.6 Å². The first kappa shape index (κ1) is 13.6. The normalized spacial score (nSPS) is 33.9. The molecule has 3 amide bonds. The molecule has 0 aromatic heterocycles. The highest BCUT2D eigenvalue weighted by atomic mass is 35.5. The minimum atomic E-state index is -0.862. The molecule has 6 heteroatoms. The second-order valence-corrected chi connectivity index (χ2v) is 5.73. The van der Waals surface area contributed by atoms with Gasteiger partial charge in [0.15, 0.2) is 0 Å². The zero-order valence-electron chi connectivity index (χ0n) is 10.5. The number of halogens is 1. The molecule has 2 N–H and O–H groups in total. The summed E-state index contributed by atoms with van der Waals surface area (Å²) in [6, 6.07) is -0.404. The van der Waals surface area contributed by atoms with E-state index in [0.29, 0.717) is 18.8 Å². The number of β-amino-alcohol motifs (C(OH)–C–C–N with tert-alkyl or cyclic N) is 1. The number of carbonyl (C=O) groups excluding carboxylic acids is 2. The summed E-state index contributed by atoms with van der Waals surface area (Å²) < 4.78 is 0. The zero-order valence-corrected chi connectivity index (χ0v) is 11.2. The fourth-order valence-electron chi connectivity index (χ4n) is 2.70. The number of aliphatic hydroxyl groups excluding tert-OH is 1. The smallest absolute Gasteiger partial charge is 0.325 e. The van der Waals surface area contributed by atoms with Gasteiger partial charge in [-0.1, -0.05) is 6.92 Å². The Kier molecular flexibility index (Phi) is 3.82. The molecule has 0 radical (unpaired) electrons. The second kappa shape index (κ2) is 5.05. The summed E-state index contributed by atoms with van der Waals surface area (Å²) in [5.74, 6) is 0.410. The van der Waals surface area contributed by atoms with Crippen molar-refractivity contribution in [3.63, 3.8) is 0 Å². The van der Waals surface area contributed by atoms with Crippen LogP contribution in [0.1, 0.15) is 32.6 Å². The lowest BCUT2D eigenvalue weighted by Gasteiger charge is -2.33. The van der Waals surface area contributed by atoms with Crippen LogP contribution >= 0.6 is 11.6 Å². The summed E-state index contributed by atoms with van der Waals surface area (Å²) in [6.07, 6.45) is 2.40. The van der Waals surface area contributed by atoms with E-state index >= 15 is 0 Å². The van der Waals surface area contributed by atoms with E-state index in [1.807, 2.05) is 0 Å². The van der Waals surface area contributed by atoms with Crippen molar-refractivity contribution >= 4 is 23.5 Å². The fraction of sp³-hybridized carbons (Fsp3) is 0.833. The Bertz CT molecular complexity index is 353. The SMILES string of the molecule is CC1CCC2(CC1)NC(=O)N(CC(O)CCl)C2=O. The number of aliphatic hydroxyl groups is 1. The molecule has 0 bridgehead atoms. The number of nitrogens with zero attached hydrogens (tertiary/aromatic N) is 1. The number of urea groups is 1. The molecule has 0 aromatic carbocycles. The Morgan fingerprint density at radius 3 is 2.67 bits per heavy atom. The van der Waals surface area contributed by atoms with Gasteiger partial charge < -0.3 is 10.4 Å². The summed E-state index contributed by atoms with van der Waals surface area (Å²) >= 11 is 5.50. The van der Waals surface area contributed by atoms with E-state index in [-0.39, 0.29) is 18.3 Å². The van der Waals surface area contributed by atoms with E-state index in [0.717, 1.165) is 17.7 Å². The number of amides is 3. The maximum atomic E-state index is 12.3. The summed E-state index contributed by atoms with van der Waals surface area (Å²) in [5.41, 5.74) is -0.727. The monoisotopic (exact) mass is 274 g/mol. The first-order chi connectivity index (χ1) is 8.48. The van der Waals surface area contributed by atoms with E-state index in [1.165, 1.54) is 0 Å². The standard InChI is InChI=1S/C12H19ClN2O3/c1-8-2-4-12(5-3-8)10(17)15(11(18)14-12)7-9(16)6-13/h8-9,16H,2-7H2,1H3,(H,14,18). The zero-order chi connectivity index (χ0) is 13.3. The molecule has 2 aliphatic rings. The van der Waals surface area contributed by atoms with Crippen LogP contribution in [0.25, 0.3) is 0 Å². The summed E-state index contributed by atoms with van der Waals surface area (Å²) in [4.78, 5) is 25.3. The molecule has 1 aliphatic carbocycles. The van der Waals surface area contributed by atoms with Crippen LogP contribution in [0.2, 0.25) is 0 Å². The van der Waals surface area contributed by atoms with Gasteiger partial charge in [-0.2, -0.15) is 0 Å². The van der Waals surface area contributed by atoms with Gasteiger partial charge in [0, 0.05) is 0 Å². The molecule has 2 fully saturated rings. The number of nitrogens with one attached hydrogen (secondary N) is 1. The molecule has 18 heavy (non-hydrogen) atoms. The Labute approximate surface area is 111 Å². The number of hydrogen-bond acceptors (Lipinski definition) is 3. The van der Waals surface area contributed by atoms with E-state index < -0.39 is 17.7 Å². The number of carbonyl (C=O) groups is 2. The van der Waals surface area contributed by atoms with Crippen molar-refractivity contribution in [1.29, 1.82) is 0 Å². The first-order valence-electron chi connectivity index (χ1n) is 6.36. The molecule has 5 nitrogen and oxygen atoms in total. The average molecular weight is 275 g/mol. The molecule has 1 aliphatic heterocycles. The molecule has 2 rings (SSSR count). The lowest BCUT2D eigenvalue weighted by atomic mass is 9.77. The van der Waals surface area contributed by atoms with Gasteiger partial charge in [0.25, 0.3) is 5.91 Å². The van der Waals surface area contributed by atoms with Crippen molar-refractivity contribution in [1.82, 2.24) is 10.2 Å². The quantitative estimate of drug-likeness (QED) is 0.598. The Hall–Kier alpha value is -0.810. The number of rotatable bonds is 3. The van der Waals surface area contributed by atoms with Gasteiger partial charge >= 0.3 is 6.03 Å². The minimum Gasteiger partial charge on any atom is -0.390 e. The first-order valence-corrected chi connectivity index (χ1v) is 6.90. The summed E-state index contributed by atoms with van der Waals surface area (Å²) in [6.45, 7) is 2.13. The van der Waals surface area contributed by atoms with Gasteiger partial charge in [0.2, 0.25) is 0 Å². The van der Waals surface area contributed by atoms with Gasteiger partial charge in [0.1, 0.15) is 5.54 Å². The van der Waals surface area contributed by atoms with Gasteiger partial charge in [-0.15, -0.1) is 11.6 Å². The van der Waals surface area contributed by atoms with Gasteiger partial charge in [-0.3, -0.25) is 9.69 Å². The Morgan fingerprint density at radius 2 is 2.11 bits per heavy atom. The number of hydrogen-bond donors (Lipinski definition) is 2. The van der Waals surface area contributed by atoms with Crippen molar-refractivity contribution in [3.8, 4) is 0 Å². The van der Waals surface area contributed by atoms with Crippen LogP contribution < -0.4 is 5.32 Å². The van der Waals surface area contributed by atoms with E-state index in [2.05, 4.69) is 12.2 Å². The van der Waals surface area contributed by atoms with E-state index in [9.17, 15) is 14.7 Å². The highest BCUT2D eigenvalue weighted by molar-refractivity contribution is 6.18. The molecule has 1 atom stereocenters. The summed E-state index contributed by atoms with van der Waals surface area (Å²) in [7, 11) is 0. The van der Waals surface area contributed by atoms with Crippen molar-refractivity contribution in [2.45, 2.75) is 44.2 Å². The maximum Gasteiger partial charge on any atom is 0.325 e. The fourth-order valence-corrected chi connectivity index (χ4v) is 2.79. The Morgan fingerprint density at radius 1 is 1.50 bits per heavy atom. The second-order valence-electron chi connectivity index (χ2n) is 5.42. The van der Waals surface area contributed by atoms with E-state index in [1.54, 1.807) is 0 Å². The van der Waals surface area contributed by atoms with Crippen molar-refractivity contribution in [3.05, 3.63) is 0 Å². The molecule has 1 saturated carbocycles. The molecular formula is C12H19ClN2O3. The minimum absolute atomic E-state index is 0.0150. The molecule has 1 spiro atoms. The molecule has 1 saturated heterocycles. The van der Waals surface area contributed by atoms with Crippen molar-refractivity contribution in [2.75, 3.05) is 12.4 Å². The van der Waals surface area contributed by atoms with Gasteiger partial charge in [0.05, 0.1) is 18.5 Å². The highest BCUT2D eigenvalue weighted by Gasteiger charge is 2.52. The van der Waals surface area contributed by atoms with Crippen LogP contribution in [-0.2, 0) is 4.79 Å². The molecule has 0 aromatic rings. The highest BCUT2D eigenvalue weighted by Crippen LogP contribution is 2.36. The summed E-state index contributed by atoms with van der Waals surface area (Å²) in [5, 5.41) is 12.3. The number of imide groups is 1. The maximum absolute atomic E-state index is 12.3. The third kappa shape index (κ3) is 2.34. The predicted molar refractivity (Wildman–Crippen MR) is 67.3 cm³/mol. The van der Waals surface area contributed by atoms with Crippen molar-refractivity contribution < 1.29 is 14.7 Å². The molecular weight excluding hydrogens is 256 g/mol. The Balaban J connectivity index is 2.09. The van der Waals surface area contributed by atoms with E-state index in [4.69, 9.17) is 11.6 Å². The van der Waals surface area contributed by atoms with Gasteiger partial charge in [-0.25, -0.2) is 4.79 Å². The average Bonchev–Trinajstić information content (AvgIpc) is 2.58. The van der Waals surface area contributed by atoms with Crippen LogP contribution in [0.5, 0.6) is 0 Å². The van der Waals surface area contributed by atoms with Crippen LogP contribution in [0.4, 0.5) is 4.79 Å². The third-order valence-corrected chi connectivity index (χ3v) is 4.30. The molecule has 102 valence electrons. The molecule has 1 unspecified atom stereocenters. The largest absolute Gasteiger partial charge is 0.390 e. The van der Waals surface area contributed by atoms with Crippen LogP contribution in [-0.4, -0.2) is 46.0 Å². The van der Waals surface area contributed by atoms with Crippen LogP contribution in [0.3, 0.4) is 0 Å². The lowest BCUT2D eigenvalue weighted by molar-refractivity contribution is -0.133. The number of alkyl halides is 1. The lowest BCUT2D eigenvalue weighted by Crippen LogP contribution is -2.49. The van der Waals surface area contributed by atoms with Crippen molar-refractivity contribution in [2.24, 2.45) is 5.92 Å². The topological polar surface area (TPSA) is 69.6 Å². The third-order valence-electron chi connectivity index (χ3n) is 3.95. The van der Waals surface area contributed by atoms with Crippen LogP contribution in [0.15, 0.2) is 0 Å².